The molecule has 356 valence electrons. The maximum absolute atomic E-state index is 14.7. The van der Waals surface area contributed by atoms with Gasteiger partial charge in [0.05, 0.1) is 23.0 Å². The first kappa shape index (κ1) is 51.1. The van der Waals surface area contributed by atoms with Crippen molar-refractivity contribution >= 4 is 29.5 Å². The maximum atomic E-state index is 14.7. The van der Waals surface area contributed by atoms with E-state index >= 15 is 0 Å². The van der Waals surface area contributed by atoms with E-state index < -0.39 is 53.7 Å². The van der Waals surface area contributed by atoms with Crippen LogP contribution in [0.1, 0.15) is 84.0 Å². The molecule has 5 amide bonds. The first-order valence-corrected chi connectivity index (χ1v) is 22.7. The lowest BCUT2D eigenvalue weighted by Gasteiger charge is -2.32. The smallest absolute Gasteiger partial charge is 0.255 e. The van der Waals surface area contributed by atoms with Crippen LogP contribution in [0.2, 0.25) is 0 Å². The average molecular weight is 918 g/mol. The van der Waals surface area contributed by atoms with Crippen molar-refractivity contribution in [2.45, 2.75) is 90.4 Å². The standard InChI is InChI=1S/C49H63N11O7/c1-6-7-8-9-32-10-13-34(14-11-32)44-55-29(2)42(30(3)56-44)47(63)58-38(18-19-50)49(65)60(5)43-35-15-17-41(67-25-22-53)37(28-35)36-26-33(12-16-40(36)66-24-21-52)27-39(46(62)54-23-20-51)59-45(61)31(4)57-48(43)64/h10-17,26,28,31,38-39,43H,6-9,18-19,21-25,27,50,52-53H2,1-5H3,(H,54,62)(H,57,64)(H,58,63)(H,59,61)/t31-,38?,39-,43-/m0/s1. The summed E-state index contributed by atoms with van der Waals surface area (Å²) in [5.41, 5.74) is 22.6. The number of aromatic nitrogens is 2. The predicted molar refractivity (Wildman–Crippen MR) is 253 cm³/mol. The second-order valence-corrected chi connectivity index (χ2v) is 16.4. The molecule has 0 aliphatic carbocycles. The van der Waals surface area contributed by atoms with Gasteiger partial charge in [0, 0.05) is 43.2 Å². The number of rotatable bonds is 19. The Morgan fingerprint density at radius 1 is 0.881 bits per heavy atom. The number of carbonyl (C=O) groups excluding carboxylic acids is 5. The Bertz CT molecular complexity index is 2420. The molecular weight excluding hydrogens is 855 g/mol. The molecule has 10 N–H and O–H groups in total. The van der Waals surface area contributed by atoms with Crippen molar-refractivity contribution in [1.82, 2.24) is 36.1 Å². The van der Waals surface area contributed by atoms with Crippen molar-refractivity contribution in [2.75, 3.05) is 46.4 Å². The minimum absolute atomic E-state index is 0.00277. The number of amides is 5. The number of nitriles is 1. The highest BCUT2D eigenvalue weighted by atomic mass is 16.5. The average Bonchev–Trinajstić information content (AvgIpc) is 3.31. The molecule has 5 rings (SSSR count). The van der Waals surface area contributed by atoms with E-state index in [0.29, 0.717) is 51.0 Å². The number of ether oxygens (including phenoxy) is 2. The van der Waals surface area contributed by atoms with Crippen LogP contribution in [0.15, 0.2) is 60.7 Å². The first-order chi connectivity index (χ1) is 32.2. The number of nitrogens with two attached hydrogens (primary N) is 3. The molecule has 0 radical (unpaired) electrons. The van der Waals surface area contributed by atoms with E-state index in [1.54, 1.807) is 50.2 Å². The van der Waals surface area contributed by atoms with Crippen molar-refractivity contribution in [3.63, 3.8) is 0 Å². The number of hydrogen-bond acceptors (Lipinski definition) is 13. The van der Waals surface area contributed by atoms with Crippen molar-refractivity contribution in [3.8, 4) is 40.1 Å². The van der Waals surface area contributed by atoms with Crippen LogP contribution in [-0.4, -0.2) is 109 Å². The zero-order chi connectivity index (χ0) is 48.6. The van der Waals surface area contributed by atoms with Gasteiger partial charge in [0.15, 0.2) is 5.82 Å². The second-order valence-electron chi connectivity index (χ2n) is 16.4. The Morgan fingerprint density at radius 3 is 2.13 bits per heavy atom. The third kappa shape index (κ3) is 13.1. The summed E-state index contributed by atoms with van der Waals surface area (Å²) in [6.45, 7) is 7.40. The van der Waals surface area contributed by atoms with Crippen molar-refractivity contribution < 1.29 is 33.4 Å². The van der Waals surface area contributed by atoms with E-state index in [0.717, 1.165) is 31.2 Å². The zero-order valence-corrected chi connectivity index (χ0v) is 38.9. The van der Waals surface area contributed by atoms with Gasteiger partial charge in [-0.2, -0.15) is 5.26 Å². The Hall–Kier alpha value is -6.94. The molecule has 4 atom stereocenters. The molecule has 2 heterocycles. The molecule has 67 heavy (non-hydrogen) atoms. The number of benzene rings is 3. The second kappa shape index (κ2) is 24.5. The van der Waals surface area contributed by atoms with Crippen LogP contribution in [0.5, 0.6) is 11.5 Å². The van der Waals surface area contributed by atoms with Crippen LogP contribution in [0.3, 0.4) is 0 Å². The van der Waals surface area contributed by atoms with Crippen LogP contribution in [0, 0.1) is 25.2 Å². The van der Waals surface area contributed by atoms with E-state index in [9.17, 15) is 29.2 Å². The third-order valence-corrected chi connectivity index (χ3v) is 11.4. The Balaban J connectivity index is 1.54. The van der Waals surface area contributed by atoms with Crippen LogP contribution in [0.4, 0.5) is 0 Å². The molecular formula is C49H63N11O7. The highest BCUT2D eigenvalue weighted by molar-refractivity contribution is 6.00. The quantitative estimate of drug-likeness (QED) is 0.0527. The summed E-state index contributed by atoms with van der Waals surface area (Å²) >= 11 is 0. The Kier molecular flexibility index (Phi) is 18.7. The summed E-state index contributed by atoms with van der Waals surface area (Å²) < 4.78 is 12.2. The highest BCUT2D eigenvalue weighted by Gasteiger charge is 2.36. The van der Waals surface area contributed by atoms with Crippen LogP contribution < -0.4 is 47.9 Å². The Labute approximate surface area is 391 Å². The topological polar surface area (TPSA) is 283 Å². The predicted octanol–water partition coefficient (Wildman–Crippen LogP) is 2.67. The summed E-state index contributed by atoms with van der Waals surface area (Å²) in [5, 5.41) is 19.9. The minimum atomic E-state index is -1.40. The molecule has 4 aromatic rings. The van der Waals surface area contributed by atoms with Gasteiger partial charge in [0.1, 0.15) is 55.4 Å². The van der Waals surface area contributed by atoms with Gasteiger partial charge in [-0.1, -0.05) is 56.2 Å². The lowest BCUT2D eigenvalue weighted by atomic mass is 9.93. The number of nitrogens with one attached hydrogen (secondary N) is 4. The molecule has 0 saturated heterocycles. The lowest BCUT2D eigenvalue weighted by molar-refractivity contribution is -0.141. The number of likely N-dealkylation sites (N-methyl/N-ethyl adjacent to an activating group) is 1. The normalized spacial score (nSPS) is 16.3. The molecule has 18 heteroatoms. The molecule has 0 fully saturated rings. The van der Waals surface area contributed by atoms with E-state index in [4.69, 9.17) is 26.7 Å². The van der Waals surface area contributed by atoms with E-state index in [-0.39, 0.29) is 57.8 Å². The summed E-state index contributed by atoms with van der Waals surface area (Å²) in [6, 6.07) is 15.1. The van der Waals surface area contributed by atoms with Gasteiger partial charge >= 0.3 is 0 Å². The van der Waals surface area contributed by atoms with Gasteiger partial charge in [-0.25, -0.2) is 9.97 Å². The maximum Gasteiger partial charge on any atom is 0.255 e. The van der Waals surface area contributed by atoms with E-state index in [1.807, 2.05) is 18.2 Å². The number of carbonyl (C=O) groups is 5. The fourth-order valence-corrected chi connectivity index (χ4v) is 7.93. The summed E-state index contributed by atoms with van der Waals surface area (Å²) in [6.07, 6.45) is 4.41. The summed E-state index contributed by atoms with van der Waals surface area (Å²) in [4.78, 5) is 81.1. The fraction of sp³-hybridized carbons (Fsp3) is 0.429. The molecule has 1 aliphatic heterocycles. The van der Waals surface area contributed by atoms with Gasteiger partial charge in [-0.3, -0.25) is 24.0 Å². The van der Waals surface area contributed by atoms with Gasteiger partial charge < -0.3 is 52.8 Å². The molecule has 0 saturated carbocycles. The summed E-state index contributed by atoms with van der Waals surface area (Å²) in [7, 11) is 1.42. The first-order valence-electron chi connectivity index (χ1n) is 22.7. The molecule has 3 aromatic carbocycles. The van der Waals surface area contributed by atoms with Gasteiger partial charge in [0.25, 0.3) is 5.91 Å². The largest absolute Gasteiger partial charge is 0.492 e. The number of aryl methyl sites for hydroxylation is 3. The van der Waals surface area contributed by atoms with Gasteiger partial charge in [0.2, 0.25) is 23.6 Å². The molecule has 0 spiro atoms. The molecule has 18 nitrogen and oxygen atoms in total. The van der Waals surface area contributed by atoms with E-state index in [2.05, 4.69) is 50.3 Å². The van der Waals surface area contributed by atoms with Gasteiger partial charge in [-0.15, -0.1) is 0 Å². The number of hydrogen-bond donors (Lipinski definition) is 7. The number of unbranched alkanes of at least 4 members (excludes halogenated alkanes) is 2. The Morgan fingerprint density at radius 2 is 1.52 bits per heavy atom. The van der Waals surface area contributed by atoms with E-state index in [1.165, 1.54) is 24.4 Å². The minimum Gasteiger partial charge on any atom is -0.492 e. The van der Waals surface area contributed by atoms with Gasteiger partial charge in [-0.05, 0) is 87.5 Å². The SMILES string of the molecule is CCCCCc1ccc(-c2nc(C)c(C(=O)NC(CCN)C(=O)N(C)[C@@H]3C(=O)N[C@@H](C)C(=O)N[C@H](C(=O)NCC#N)Cc4ccc(OCCN)c(c4)-c4cc3ccc4OCCN)c(C)n2)cc1. The third-order valence-electron chi connectivity index (χ3n) is 11.4. The molecule has 1 aliphatic rings. The zero-order valence-electron chi connectivity index (χ0n) is 38.9. The number of nitrogens with zero attached hydrogens (tertiary/aromatic N) is 4. The fourth-order valence-electron chi connectivity index (χ4n) is 7.93. The van der Waals surface area contributed by atoms with Crippen LogP contribution in [-0.2, 0) is 32.0 Å². The summed E-state index contributed by atoms with van der Waals surface area (Å²) in [5.74, 6) is -2.09. The molecule has 1 aromatic heterocycles. The monoisotopic (exact) mass is 917 g/mol. The van der Waals surface area contributed by atoms with Crippen molar-refractivity contribution in [3.05, 3.63) is 94.3 Å². The highest BCUT2D eigenvalue weighted by Crippen LogP contribution is 2.40. The molecule has 1 unspecified atom stereocenters. The van der Waals surface area contributed by atoms with Crippen LogP contribution in [0.25, 0.3) is 22.5 Å². The lowest BCUT2D eigenvalue weighted by Crippen LogP contribution is -2.56. The number of fused-ring (bicyclic) bond motifs is 5. The molecule has 4 bridgehead atoms. The van der Waals surface area contributed by atoms with Crippen LogP contribution >= 0.6 is 0 Å². The van der Waals surface area contributed by atoms with Crippen molar-refractivity contribution in [2.24, 2.45) is 17.2 Å². The van der Waals surface area contributed by atoms with Crippen molar-refractivity contribution in [1.29, 1.82) is 5.26 Å².